The third-order valence-corrected chi connectivity index (χ3v) is 7.99. The molecule has 3 aromatic rings. The fourth-order valence-electron chi connectivity index (χ4n) is 4.38. The summed E-state index contributed by atoms with van der Waals surface area (Å²) in [4.78, 5) is 39.0. The molecule has 43 heavy (non-hydrogen) atoms. The number of halogens is 1. The summed E-state index contributed by atoms with van der Waals surface area (Å²) in [6, 6.07) is 13.3. The van der Waals surface area contributed by atoms with E-state index in [0.717, 1.165) is 5.56 Å². The number of carbonyl (C=O) groups excluding carboxylic acids is 3. The molecule has 0 bridgehead atoms. The van der Waals surface area contributed by atoms with Crippen LogP contribution >= 0.6 is 0 Å². The van der Waals surface area contributed by atoms with Gasteiger partial charge in [-0.2, -0.15) is 4.72 Å². The monoisotopic (exact) mass is 614 g/mol. The smallest absolute Gasteiger partial charge is 0.245 e. The van der Waals surface area contributed by atoms with Crippen LogP contribution in [-0.2, 0) is 35.7 Å². The number of fused-ring (bicyclic) bond motifs is 1. The number of benzene rings is 3. The van der Waals surface area contributed by atoms with Crippen LogP contribution in [0.4, 0.5) is 4.39 Å². The molecule has 0 aliphatic heterocycles. The van der Waals surface area contributed by atoms with E-state index in [1.165, 1.54) is 25.3 Å². The molecule has 0 spiro atoms. The highest BCUT2D eigenvalue weighted by molar-refractivity contribution is 7.89. The highest BCUT2D eigenvalue weighted by Gasteiger charge is 2.30. The first-order chi connectivity index (χ1) is 20.2. The second kappa shape index (κ2) is 14.5. The van der Waals surface area contributed by atoms with Gasteiger partial charge in [0.2, 0.25) is 27.7 Å². The minimum Gasteiger partial charge on any atom is -0.382 e. The van der Waals surface area contributed by atoms with Crippen LogP contribution in [0.15, 0.2) is 65.6 Å². The van der Waals surface area contributed by atoms with Gasteiger partial charge in [-0.25, -0.2) is 12.8 Å². The molecule has 0 aliphatic carbocycles. The lowest BCUT2D eigenvalue weighted by Gasteiger charge is -2.24. The number of methoxy groups -OCH3 is 1. The van der Waals surface area contributed by atoms with Crippen molar-refractivity contribution in [2.24, 2.45) is 0 Å². The quantitative estimate of drug-likeness (QED) is 0.233. The van der Waals surface area contributed by atoms with Crippen LogP contribution < -0.4 is 20.7 Å². The third kappa shape index (κ3) is 9.84. The van der Waals surface area contributed by atoms with Crippen molar-refractivity contribution in [3.05, 3.63) is 77.6 Å². The molecule has 0 aliphatic rings. The van der Waals surface area contributed by atoms with Crippen LogP contribution in [0.1, 0.15) is 44.7 Å². The number of amides is 3. The maximum absolute atomic E-state index is 14.2. The maximum atomic E-state index is 14.2. The van der Waals surface area contributed by atoms with Gasteiger partial charge in [0, 0.05) is 31.0 Å². The molecular formula is C31H39FN4O6S. The molecule has 4 N–H and O–H groups in total. The molecule has 0 aromatic heterocycles. The number of nitrogens with one attached hydrogen (secondary N) is 4. The lowest BCUT2D eigenvalue weighted by molar-refractivity contribution is -0.131. The molecule has 10 nitrogen and oxygen atoms in total. The van der Waals surface area contributed by atoms with Crippen LogP contribution in [0, 0.1) is 12.7 Å². The lowest BCUT2D eigenvalue weighted by Crippen LogP contribution is -2.55. The van der Waals surface area contributed by atoms with Gasteiger partial charge in [0.25, 0.3) is 0 Å². The molecule has 0 saturated carbocycles. The fraction of sp³-hybridized carbons (Fsp3) is 0.387. The molecule has 232 valence electrons. The zero-order valence-electron chi connectivity index (χ0n) is 25.0. The Morgan fingerprint density at radius 1 is 0.907 bits per heavy atom. The van der Waals surface area contributed by atoms with Crippen LogP contribution in [-0.4, -0.2) is 57.5 Å². The average Bonchev–Trinajstić information content (AvgIpc) is 2.94. The van der Waals surface area contributed by atoms with Gasteiger partial charge in [-0.3, -0.25) is 14.4 Å². The van der Waals surface area contributed by atoms with E-state index in [0.29, 0.717) is 16.3 Å². The largest absolute Gasteiger partial charge is 0.382 e. The Bertz CT molecular complexity index is 1550. The van der Waals surface area contributed by atoms with E-state index < -0.39 is 39.5 Å². The Kier molecular flexibility index (Phi) is 11.4. The number of hydrogen-bond donors (Lipinski definition) is 4. The molecule has 0 heterocycles. The average molecular weight is 615 g/mol. The van der Waals surface area contributed by atoms with Gasteiger partial charge in [0.15, 0.2) is 0 Å². The van der Waals surface area contributed by atoms with Gasteiger partial charge < -0.3 is 20.7 Å². The Labute approximate surface area is 251 Å². The molecular weight excluding hydrogens is 575 g/mol. The van der Waals surface area contributed by atoms with Gasteiger partial charge in [-0.05, 0) is 63.3 Å². The van der Waals surface area contributed by atoms with Crippen molar-refractivity contribution in [2.45, 2.75) is 69.6 Å². The number of hydrogen-bond acceptors (Lipinski definition) is 6. The van der Waals surface area contributed by atoms with Gasteiger partial charge in [0.1, 0.15) is 17.9 Å². The first-order valence-corrected chi connectivity index (χ1v) is 15.3. The highest BCUT2D eigenvalue weighted by atomic mass is 32.2. The van der Waals surface area contributed by atoms with Gasteiger partial charge in [0.05, 0.1) is 11.5 Å². The standard InChI is InChI=1S/C31H39FN4O6S/c1-20-10-13-22(14-11-20)43(40,41)36-26(16-17-28(37)35-31(2,3)4)30(39)34-27(19-42-5)29(38)33-18-21-12-15-25(32)24-9-7-6-8-23(21)24/h6-15,26-27,36H,16-19H2,1-5H3,(H,33,38)(H,34,39)(H,35,37)/t26-,27-/m0/s1. The number of ether oxygens (including phenoxy) is 1. The first-order valence-electron chi connectivity index (χ1n) is 13.8. The van der Waals surface area contributed by atoms with Crippen LogP contribution in [0.5, 0.6) is 0 Å². The zero-order chi connectivity index (χ0) is 31.8. The number of rotatable bonds is 13. The van der Waals surface area contributed by atoms with Crippen molar-refractivity contribution in [1.82, 2.24) is 20.7 Å². The van der Waals surface area contributed by atoms with Crippen LogP contribution in [0.2, 0.25) is 0 Å². The molecule has 0 saturated heterocycles. The van der Waals surface area contributed by atoms with E-state index >= 15 is 0 Å². The van der Waals surface area contributed by atoms with E-state index in [-0.39, 0.29) is 42.6 Å². The Hall–Kier alpha value is -3.87. The molecule has 3 aromatic carbocycles. The van der Waals surface area contributed by atoms with E-state index in [9.17, 15) is 27.2 Å². The summed E-state index contributed by atoms with van der Waals surface area (Å²) in [6.45, 7) is 7.07. The lowest BCUT2D eigenvalue weighted by atomic mass is 10.0. The third-order valence-electron chi connectivity index (χ3n) is 6.50. The maximum Gasteiger partial charge on any atom is 0.245 e. The highest BCUT2D eigenvalue weighted by Crippen LogP contribution is 2.21. The van der Waals surface area contributed by atoms with E-state index in [2.05, 4.69) is 20.7 Å². The summed E-state index contributed by atoms with van der Waals surface area (Å²) in [5.74, 6) is -2.14. The predicted octanol–water partition coefficient (Wildman–Crippen LogP) is 3.08. The summed E-state index contributed by atoms with van der Waals surface area (Å²) in [5.41, 5.74) is 1.00. The van der Waals surface area contributed by atoms with E-state index in [4.69, 9.17) is 4.74 Å². The topological polar surface area (TPSA) is 143 Å². The normalized spacial score (nSPS) is 13.3. The first kappa shape index (κ1) is 33.6. The molecule has 0 radical (unpaired) electrons. The van der Waals surface area contributed by atoms with Crippen molar-refractivity contribution in [1.29, 1.82) is 0 Å². The minimum atomic E-state index is -4.15. The Morgan fingerprint density at radius 3 is 2.19 bits per heavy atom. The van der Waals surface area contributed by atoms with Crippen molar-refractivity contribution in [3.8, 4) is 0 Å². The van der Waals surface area contributed by atoms with Crippen LogP contribution in [0.25, 0.3) is 10.8 Å². The minimum absolute atomic E-state index is 0.0478. The number of carbonyl (C=O) groups is 3. The molecule has 0 fully saturated rings. The van der Waals surface area contributed by atoms with Crippen LogP contribution in [0.3, 0.4) is 0 Å². The summed E-state index contributed by atoms with van der Waals surface area (Å²) >= 11 is 0. The Morgan fingerprint density at radius 2 is 1.56 bits per heavy atom. The SMILES string of the molecule is COC[C@H](NC(=O)[C@H](CCC(=O)NC(C)(C)C)NS(=O)(=O)c1ccc(C)cc1)C(=O)NCc1ccc(F)c2ccccc12. The van der Waals surface area contributed by atoms with Crippen molar-refractivity contribution in [2.75, 3.05) is 13.7 Å². The summed E-state index contributed by atoms with van der Waals surface area (Å²) in [7, 11) is -2.79. The number of sulfonamides is 1. The Balaban J connectivity index is 1.77. The second-order valence-corrected chi connectivity index (χ2v) is 13.0. The second-order valence-electron chi connectivity index (χ2n) is 11.3. The molecule has 2 atom stereocenters. The summed E-state index contributed by atoms with van der Waals surface area (Å²) < 4.78 is 48.1. The predicted molar refractivity (Wildman–Crippen MR) is 162 cm³/mol. The van der Waals surface area contributed by atoms with Gasteiger partial charge in [-0.15, -0.1) is 0 Å². The molecule has 12 heteroatoms. The summed E-state index contributed by atoms with van der Waals surface area (Å²) in [6.07, 6.45) is -0.313. The molecule has 3 rings (SSSR count). The van der Waals surface area contributed by atoms with Crippen molar-refractivity contribution < 1.29 is 31.9 Å². The molecule has 3 amide bonds. The van der Waals surface area contributed by atoms with Gasteiger partial charge >= 0.3 is 0 Å². The summed E-state index contributed by atoms with van der Waals surface area (Å²) in [5, 5.41) is 9.13. The van der Waals surface area contributed by atoms with Crippen molar-refractivity contribution >= 4 is 38.5 Å². The zero-order valence-corrected chi connectivity index (χ0v) is 25.8. The van der Waals surface area contributed by atoms with Crippen molar-refractivity contribution in [3.63, 3.8) is 0 Å². The van der Waals surface area contributed by atoms with Gasteiger partial charge in [-0.1, -0.05) is 48.0 Å². The van der Waals surface area contributed by atoms with E-state index in [1.54, 1.807) is 63.2 Å². The fourth-order valence-corrected chi connectivity index (χ4v) is 5.61. The molecule has 0 unspecified atom stereocenters. The number of aryl methyl sites for hydroxylation is 1. The van der Waals surface area contributed by atoms with E-state index in [1.807, 2.05) is 6.92 Å².